The summed E-state index contributed by atoms with van der Waals surface area (Å²) < 4.78 is 28.9. The van der Waals surface area contributed by atoms with Gasteiger partial charge in [-0.1, -0.05) is 17.3 Å². The van der Waals surface area contributed by atoms with E-state index in [0.29, 0.717) is 18.9 Å². The molecule has 1 aliphatic rings. The monoisotopic (exact) mass is 321 g/mol. The zero-order valence-electron chi connectivity index (χ0n) is 13.1. The molecule has 2 aromatic rings. The smallest absolute Gasteiger partial charge is 0.417 e. The number of benzene rings is 1. The van der Waals surface area contributed by atoms with Gasteiger partial charge in [0, 0.05) is 26.1 Å². The van der Waals surface area contributed by atoms with Gasteiger partial charge in [-0.3, -0.25) is 9.42 Å². The van der Waals surface area contributed by atoms with Crippen molar-refractivity contribution < 1.29 is 18.4 Å². The van der Waals surface area contributed by atoms with E-state index in [0.717, 1.165) is 31.8 Å². The highest BCUT2D eigenvalue weighted by Crippen LogP contribution is 2.12. The predicted octanol–water partition coefficient (Wildman–Crippen LogP) is 1.90. The van der Waals surface area contributed by atoms with E-state index in [2.05, 4.69) is 22.0 Å². The number of hydrogen-bond acceptors (Lipinski definition) is 6. The summed E-state index contributed by atoms with van der Waals surface area (Å²) in [6.07, 6.45) is 0.909. The maximum absolute atomic E-state index is 12.9. The quantitative estimate of drug-likeness (QED) is 0.810. The molecule has 124 valence electrons. The molecule has 1 saturated heterocycles. The van der Waals surface area contributed by atoms with Crippen molar-refractivity contribution in [2.45, 2.75) is 19.4 Å². The van der Waals surface area contributed by atoms with Gasteiger partial charge in [-0.2, -0.15) is 4.98 Å². The number of rotatable bonds is 6. The number of aromatic nitrogens is 2. The van der Waals surface area contributed by atoms with E-state index in [-0.39, 0.29) is 18.0 Å². The highest BCUT2D eigenvalue weighted by atomic mass is 19.1. The van der Waals surface area contributed by atoms with Gasteiger partial charge in [-0.05, 0) is 24.6 Å². The van der Waals surface area contributed by atoms with Gasteiger partial charge in [0.15, 0.2) is 5.82 Å². The van der Waals surface area contributed by atoms with Crippen LogP contribution in [0.5, 0.6) is 6.08 Å². The topological polar surface area (TPSA) is 60.6 Å². The molecule has 23 heavy (non-hydrogen) atoms. The Bertz CT molecular complexity index is 617. The van der Waals surface area contributed by atoms with Gasteiger partial charge in [0.1, 0.15) is 12.4 Å². The van der Waals surface area contributed by atoms with Crippen LogP contribution in [0.2, 0.25) is 0 Å². The van der Waals surface area contributed by atoms with E-state index in [4.69, 9.17) is 14.0 Å². The minimum atomic E-state index is -0.261. The van der Waals surface area contributed by atoms with Crippen molar-refractivity contribution in [3.63, 3.8) is 0 Å². The third-order valence-electron chi connectivity index (χ3n) is 3.68. The van der Waals surface area contributed by atoms with E-state index in [1.165, 1.54) is 12.1 Å². The van der Waals surface area contributed by atoms with E-state index in [1.807, 2.05) is 0 Å². The highest BCUT2D eigenvalue weighted by molar-refractivity contribution is 5.19. The third-order valence-corrected chi connectivity index (χ3v) is 3.68. The summed E-state index contributed by atoms with van der Waals surface area (Å²) in [5, 5.41) is 3.87. The Kier molecular flexibility index (Phi) is 5.19. The Morgan fingerprint density at radius 1 is 1.35 bits per heavy atom. The number of hydrogen-bond donors (Lipinski definition) is 0. The molecule has 1 aromatic carbocycles. The fourth-order valence-electron chi connectivity index (χ4n) is 2.51. The lowest BCUT2D eigenvalue weighted by Gasteiger charge is -2.30. The lowest BCUT2D eigenvalue weighted by Crippen LogP contribution is -2.42. The largest absolute Gasteiger partial charge is 0.448 e. The fourth-order valence-corrected chi connectivity index (χ4v) is 2.51. The van der Waals surface area contributed by atoms with E-state index < -0.39 is 0 Å². The first-order valence-corrected chi connectivity index (χ1v) is 7.73. The number of ether oxygens (including phenoxy) is 2. The van der Waals surface area contributed by atoms with Gasteiger partial charge in [0.05, 0.1) is 12.7 Å². The van der Waals surface area contributed by atoms with Crippen LogP contribution in [0, 0.1) is 5.82 Å². The van der Waals surface area contributed by atoms with Crippen molar-refractivity contribution in [2.24, 2.45) is 0 Å². The molecule has 1 fully saturated rings. The summed E-state index contributed by atoms with van der Waals surface area (Å²) in [6.45, 7) is 5.92. The molecule has 6 nitrogen and oxygen atoms in total. The molecule has 0 radical (unpaired) electrons. The standard InChI is InChI=1S/C16H20FN3O3/c1-12-11-20(6-8-21-12)7-9-22-16-18-15(19-23-16)10-13-2-4-14(17)5-3-13/h2-5,12H,6-11H2,1H3. The Morgan fingerprint density at radius 2 is 2.17 bits per heavy atom. The Balaban J connectivity index is 1.44. The maximum atomic E-state index is 12.9. The lowest BCUT2D eigenvalue weighted by atomic mass is 10.1. The second-order valence-corrected chi connectivity index (χ2v) is 5.61. The van der Waals surface area contributed by atoms with Crippen LogP contribution in [0.4, 0.5) is 4.39 Å². The zero-order chi connectivity index (χ0) is 16.1. The Labute approximate surface area is 134 Å². The van der Waals surface area contributed by atoms with Crippen LogP contribution in [-0.4, -0.2) is 54.0 Å². The fraction of sp³-hybridized carbons (Fsp3) is 0.500. The number of nitrogens with zero attached hydrogens (tertiary/aromatic N) is 3. The highest BCUT2D eigenvalue weighted by Gasteiger charge is 2.16. The van der Waals surface area contributed by atoms with E-state index >= 15 is 0 Å². The predicted molar refractivity (Wildman–Crippen MR) is 80.9 cm³/mol. The molecule has 1 unspecified atom stereocenters. The van der Waals surface area contributed by atoms with Crippen molar-refractivity contribution in [3.05, 3.63) is 41.5 Å². The summed E-state index contributed by atoms with van der Waals surface area (Å²) in [5.74, 6) is 0.259. The van der Waals surface area contributed by atoms with E-state index in [9.17, 15) is 4.39 Å². The maximum Gasteiger partial charge on any atom is 0.417 e. The summed E-state index contributed by atoms with van der Waals surface area (Å²) in [4.78, 5) is 6.47. The summed E-state index contributed by atoms with van der Waals surface area (Å²) in [5.41, 5.74) is 0.918. The molecule has 0 amide bonds. The van der Waals surface area contributed by atoms with Crippen LogP contribution < -0.4 is 4.74 Å². The van der Waals surface area contributed by atoms with Crippen LogP contribution in [0.1, 0.15) is 18.3 Å². The van der Waals surface area contributed by atoms with Gasteiger partial charge < -0.3 is 9.47 Å². The van der Waals surface area contributed by atoms with Crippen LogP contribution in [0.15, 0.2) is 28.8 Å². The molecule has 1 aromatic heterocycles. The first kappa shape index (κ1) is 15.9. The molecule has 0 spiro atoms. The van der Waals surface area contributed by atoms with Crippen molar-refractivity contribution >= 4 is 0 Å². The van der Waals surface area contributed by atoms with Crippen LogP contribution in [0.3, 0.4) is 0 Å². The average molecular weight is 321 g/mol. The number of halogens is 1. The molecule has 1 aliphatic heterocycles. The van der Waals surface area contributed by atoms with Gasteiger partial charge >= 0.3 is 6.08 Å². The molecular formula is C16H20FN3O3. The molecule has 3 rings (SSSR count). The molecule has 2 heterocycles. The second-order valence-electron chi connectivity index (χ2n) is 5.61. The minimum Gasteiger partial charge on any atom is -0.448 e. The summed E-state index contributed by atoms with van der Waals surface area (Å²) in [6, 6.07) is 6.23. The first-order chi connectivity index (χ1) is 11.2. The number of morpholine rings is 1. The van der Waals surface area contributed by atoms with Crippen LogP contribution >= 0.6 is 0 Å². The molecule has 0 aliphatic carbocycles. The van der Waals surface area contributed by atoms with Crippen LogP contribution in [-0.2, 0) is 11.2 Å². The minimum absolute atomic E-state index is 0.170. The molecule has 0 bridgehead atoms. The third kappa shape index (κ3) is 4.74. The van der Waals surface area contributed by atoms with Gasteiger partial charge in [-0.25, -0.2) is 4.39 Å². The molecule has 7 heteroatoms. The Morgan fingerprint density at radius 3 is 2.96 bits per heavy atom. The molecular weight excluding hydrogens is 301 g/mol. The second kappa shape index (κ2) is 7.52. The molecule has 0 N–H and O–H groups in total. The Hall–Kier alpha value is -1.99. The summed E-state index contributed by atoms with van der Waals surface area (Å²) >= 11 is 0. The van der Waals surface area contributed by atoms with Crippen molar-refractivity contribution in [2.75, 3.05) is 32.8 Å². The first-order valence-electron chi connectivity index (χ1n) is 7.73. The van der Waals surface area contributed by atoms with Gasteiger partial charge in [0.25, 0.3) is 0 Å². The van der Waals surface area contributed by atoms with Gasteiger partial charge in [-0.15, -0.1) is 0 Å². The summed E-state index contributed by atoms with van der Waals surface area (Å²) in [7, 11) is 0. The van der Waals surface area contributed by atoms with Crippen molar-refractivity contribution in [1.82, 2.24) is 15.0 Å². The molecule has 1 atom stereocenters. The SMILES string of the molecule is CC1CN(CCOc2nc(Cc3ccc(F)cc3)no2)CCO1. The van der Waals surface area contributed by atoms with Crippen LogP contribution in [0.25, 0.3) is 0 Å². The van der Waals surface area contributed by atoms with Crippen molar-refractivity contribution in [1.29, 1.82) is 0 Å². The average Bonchev–Trinajstić information content (AvgIpc) is 2.97. The van der Waals surface area contributed by atoms with Gasteiger partial charge in [0.2, 0.25) is 0 Å². The molecule has 0 saturated carbocycles. The zero-order valence-corrected chi connectivity index (χ0v) is 13.1. The lowest BCUT2D eigenvalue weighted by molar-refractivity contribution is -0.0224. The van der Waals surface area contributed by atoms with Crippen molar-refractivity contribution in [3.8, 4) is 6.08 Å². The van der Waals surface area contributed by atoms with E-state index in [1.54, 1.807) is 12.1 Å². The normalized spacial score (nSPS) is 19.0.